The summed E-state index contributed by atoms with van der Waals surface area (Å²) >= 11 is 0. The molecule has 0 saturated carbocycles. The molecule has 0 aliphatic rings. The van der Waals surface area contributed by atoms with Gasteiger partial charge in [0.1, 0.15) is 23.0 Å². The number of H-pyrrole nitrogens is 1. The van der Waals surface area contributed by atoms with E-state index in [0.717, 1.165) is 18.2 Å². The number of aromatic nitrogens is 2. The van der Waals surface area contributed by atoms with Gasteiger partial charge < -0.3 is 4.98 Å². The van der Waals surface area contributed by atoms with Crippen molar-refractivity contribution in [1.82, 2.24) is 9.55 Å². The topological polar surface area (TPSA) is 54.9 Å². The van der Waals surface area contributed by atoms with E-state index in [-0.39, 0.29) is 10.6 Å². The van der Waals surface area contributed by atoms with Gasteiger partial charge >= 0.3 is 11.9 Å². The minimum atomic E-state index is -4.95. The highest BCUT2D eigenvalue weighted by Crippen LogP contribution is 2.25. The van der Waals surface area contributed by atoms with Crippen molar-refractivity contribution in [2.75, 3.05) is 0 Å². The van der Waals surface area contributed by atoms with Crippen LogP contribution in [0.15, 0.2) is 33.9 Å². The maximum absolute atomic E-state index is 13.5. The zero-order valence-electron chi connectivity index (χ0n) is 9.46. The van der Waals surface area contributed by atoms with E-state index >= 15 is 0 Å². The summed E-state index contributed by atoms with van der Waals surface area (Å²) in [6, 6.07) is 2.56. The van der Waals surface area contributed by atoms with Crippen LogP contribution in [0.5, 0.6) is 0 Å². The largest absolute Gasteiger partial charge is 0.431 e. The summed E-state index contributed by atoms with van der Waals surface area (Å²) in [4.78, 5) is 24.4. The second-order valence-electron chi connectivity index (χ2n) is 3.73. The number of hydrogen-bond donors (Lipinski definition) is 1. The highest BCUT2D eigenvalue weighted by atomic mass is 19.4. The van der Waals surface area contributed by atoms with E-state index in [0.29, 0.717) is 0 Å². The van der Waals surface area contributed by atoms with Crippen molar-refractivity contribution in [3.05, 3.63) is 62.4 Å². The summed E-state index contributed by atoms with van der Waals surface area (Å²) in [5.74, 6) is -2.50. The fourth-order valence-electron chi connectivity index (χ4n) is 1.56. The van der Waals surface area contributed by atoms with Gasteiger partial charge in [0.2, 0.25) is 0 Å². The van der Waals surface area contributed by atoms with Crippen LogP contribution in [0.3, 0.4) is 0 Å². The van der Waals surface area contributed by atoms with Crippen molar-refractivity contribution in [3.8, 4) is 5.69 Å². The highest BCUT2D eigenvalue weighted by molar-refractivity contribution is 5.35. The summed E-state index contributed by atoms with van der Waals surface area (Å²) in [5.41, 5.74) is -5.72. The zero-order chi connectivity index (χ0) is 15.1. The zero-order valence-corrected chi connectivity index (χ0v) is 9.46. The van der Waals surface area contributed by atoms with Crippen LogP contribution >= 0.6 is 0 Å². The number of hydrogen-bond acceptors (Lipinski definition) is 2. The van der Waals surface area contributed by atoms with Gasteiger partial charge in [0.15, 0.2) is 0 Å². The molecule has 0 saturated heterocycles. The van der Waals surface area contributed by atoms with Crippen molar-refractivity contribution >= 4 is 0 Å². The molecule has 4 nitrogen and oxygen atoms in total. The van der Waals surface area contributed by atoms with Gasteiger partial charge in [-0.1, -0.05) is 6.07 Å². The van der Waals surface area contributed by atoms with Crippen LogP contribution in [0.25, 0.3) is 5.69 Å². The summed E-state index contributed by atoms with van der Waals surface area (Å²) in [6.07, 6.45) is -4.95. The lowest BCUT2D eigenvalue weighted by Crippen LogP contribution is -2.36. The number of halogens is 5. The van der Waals surface area contributed by atoms with Crippen molar-refractivity contribution < 1.29 is 22.0 Å². The van der Waals surface area contributed by atoms with Crippen LogP contribution in [-0.4, -0.2) is 9.55 Å². The molecule has 0 fully saturated rings. The summed E-state index contributed by atoms with van der Waals surface area (Å²) in [6.45, 7) is 0. The van der Waals surface area contributed by atoms with Gasteiger partial charge in [-0.3, -0.25) is 4.79 Å². The van der Waals surface area contributed by atoms with Gasteiger partial charge in [-0.05, 0) is 12.1 Å². The Morgan fingerprint density at radius 3 is 2.05 bits per heavy atom. The van der Waals surface area contributed by atoms with Gasteiger partial charge in [-0.15, -0.1) is 0 Å². The predicted octanol–water partition coefficient (Wildman–Crippen LogP) is 1.82. The quantitative estimate of drug-likeness (QED) is 0.815. The highest BCUT2D eigenvalue weighted by Gasteiger charge is 2.33. The molecule has 1 heterocycles. The Kier molecular flexibility index (Phi) is 3.20. The molecule has 0 radical (unpaired) electrons. The molecule has 0 amide bonds. The first-order valence-corrected chi connectivity index (χ1v) is 5.10. The number of aromatic amines is 1. The van der Waals surface area contributed by atoms with Crippen LogP contribution in [-0.2, 0) is 6.18 Å². The van der Waals surface area contributed by atoms with E-state index in [1.807, 2.05) is 0 Å². The number of rotatable bonds is 1. The van der Waals surface area contributed by atoms with E-state index < -0.39 is 40.4 Å². The third kappa shape index (κ3) is 2.33. The van der Waals surface area contributed by atoms with Crippen molar-refractivity contribution in [2.45, 2.75) is 6.18 Å². The van der Waals surface area contributed by atoms with Crippen LogP contribution in [0.1, 0.15) is 5.69 Å². The Morgan fingerprint density at radius 1 is 1.05 bits per heavy atom. The smallest absolute Gasteiger partial charge is 0.303 e. The van der Waals surface area contributed by atoms with Crippen LogP contribution in [0.2, 0.25) is 0 Å². The molecule has 0 aliphatic carbocycles. The standard InChI is InChI=1S/C11H5F5N2O2/c12-5-2-1-3-6(13)9(5)18-8(19)4-7(11(14,15)16)17-10(18)20/h1-4H,(H,17,20). The lowest BCUT2D eigenvalue weighted by molar-refractivity contribution is -0.141. The van der Waals surface area contributed by atoms with Crippen LogP contribution in [0.4, 0.5) is 22.0 Å². The molecule has 0 unspecified atom stereocenters. The minimum absolute atomic E-state index is 0.0418. The third-order valence-electron chi connectivity index (χ3n) is 2.40. The normalized spacial score (nSPS) is 11.7. The van der Waals surface area contributed by atoms with E-state index in [9.17, 15) is 31.5 Å². The number of nitrogens with one attached hydrogen (secondary N) is 1. The second kappa shape index (κ2) is 4.58. The molecule has 1 N–H and O–H groups in total. The van der Waals surface area contributed by atoms with Crippen molar-refractivity contribution in [2.24, 2.45) is 0 Å². The Balaban J connectivity index is 2.79. The van der Waals surface area contributed by atoms with Gasteiger partial charge in [0.25, 0.3) is 5.56 Å². The summed E-state index contributed by atoms with van der Waals surface area (Å²) in [7, 11) is 0. The van der Waals surface area contributed by atoms with Crippen molar-refractivity contribution in [1.29, 1.82) is 0 Å². The predicted molar refractivity (Wildman–Crippen MR) is 57.6 cm³/mol. The lowest BCUT2D eigenvalue weighted by Gasteiger charge is -2.09. The maximum Gasteiger partial charge on any atom is 0.431 e. The third-order valence-corrected chi connectivity index (χ3v) is 2.40. The average molecular weight is 292 g/mol. The maximum atomic E-state index is 13.5. The van der Waals surface area contributed by atoms with Gasteiger partial charge in [-0.2, -0.15) is 13.2 Å². The fraction of sp³-hybridized carbons (Fsp3) is 0.0909. The molecular formula is C11H5F5N2O2. The van der Waals surface area contributed by atoms with Crippen molar-refractivity contribution in [3.63, 3.8) is 0 Å². The SMILES string of the molecule is O=c1cc(C(F)(F)F)[nH]c(=O)n1-c1c(F)cccc1F. The lowest BCUT2D eigenvalue weighted by atomic mass is 10.3. The summed E-state index contributed by atoms with van der Waals surface area (Å²) < 4.78 is 64.0. The molecule has 2 aromatic rings. The number of nitrogens with zero attached hydrogens (tertiary/aromatic N) is 1. The van der Waals surface area contributed by atoms with Gasteiger partial charge in [0, 0.05) is 6.07 Å². The molecule has 1 aromatic carbocycles. The van der Waals surface area contributed by atoms with E-state index in [1.54, 1.807) is 0 Å². The number of alkyl halides is 3. The molecule has 1 aromatic heterocycles. The Hall–Kier alpha value is -2.45. The Bertz CT molecular complexity index is 724. The first-order chi connectivity index (χ1) is 9.21. The molecule has 2 rings (SSSR count). The molecule has 0 aliphatic heterocycles. The summed E-state index contributed by atoms with van der Waals surface area (Å²) in [5, 5.41) is 0. The average Bonchev–Trinajstić information content (AvgIpc) is 2.30. The number of benzene rings is 1. The first kappa shape index (κ1) is 14.0. The van der Waals surface area contributed by atoms with Crippen LogP contribution < -0.4 is 11.2 Å². The molecule has 106 valence electrons. The Labute approximate surface area is 107 Å². The molecule has 20 heavy (non-hydrogen) atoms. The monoisotopic (exact) mass is 292 g/mol. The molecule has 0 spiro atoms. The fourth-order valence-corrected chi connectivity index (χ4v) is 1.56. The number of para-hydroxylation sites is 1. The van der Waals surface area contributed by atoms with E-state index in [4.69, 9.17) is 0 Å². The first-order valence-electron chi connectivity index (χ1n) is 5.10. The molecular weight excluding hydrogens is 287 g/mol. The molecule has 0 atom stereocenters. The second-order valence-corrected chi connectivity index (χ2v) is 3.73. The van der Waals surface area contributed by atoms with Gasteiger partial charge in [-0.25, -0.2) is 18.1 Å². The van der Waals surface area contributed by atoms with E-state index in [1.165, 1.54) is 4.98 Å². The molecule has 0 bridgehead atoms. The van der Waals surface area contributed by atoms with E-state index in [2.05, 4.69) is 0 Å². The van der Waals surface area contributed by atoms with Crippen LogP contribution in [0, 0.1) is 11.6 Å². The molecule has 9 heteroatoms. The minimum Gasteiger partial charge on any atom is -0.303 e. The van der Waals surface area contributed by atoms with Gasteiger partial charge in [0.05, 0.1) is 0 Å². The Morgan fingerprint density at radius 2 is 1.60 bits per heavy atom.